The van der Waals surface area contributed by atoms with Gasteiger partial charge in [0.05, 0.1) is 0 Å². The third kappa shape index (κ3) is 4.94. The second-order valence-electron chi connectivity index (χ2n) is 5.98. The van der Waals surface area contributed by atoms with Gasteiger partial charge in [-0.2, -0.15) is 0 Å². The Hall–Kier alpha value is -2.64. The molecular formula is C16H24N6O2. The summed E-state index contributed by atoms with van der Waals surface area (Å²) < 4.78 is 0. The fourth-order valence-electron chi connectivity index (χ4n) is 2.85. The van der Waals surface area contributed by atoms with Crippen LogP contribution in [0.25, 0.3) is 0 Å². The number of carbonyl (C=O) groups excluding carboxylic acids is 2. The Labute approximate surface area is 141 Å². The van der Waals surface area contributed by atoms with Gasteiger partial charge in [0.2, 0.25) is 5.91 Å². The van der Waals surface area contributed by atoms with E-state index in [0.717, 1.165) is 25.7 Å². The Morgan fingerprint density at radius 1 is 1.29 bits per heavy atom. The van der Waals surface area contributed by atoms with Crippen LogP contribution < -0.4 is 22.1 Å². The van der Waals surface area contributed by atoms with Crippen molar-refractivity contribution in [1.82, 2.24) is 10.3 Å². The molecule has 0 bridgehead atoms. The minimum absolute atomic E-state index is 0.0238. The molecule has 0 spiro atoms. The van der Waals surface area contributed by atoms with Crippen molar-refractivity contribution in [2.45, 2.75) is 25.7 Å². The lowest BCUT2D eigenvalue weighted by molar-refractivity contribution is -0.121. The van der Waals surface area contributed by atoms with Gasteiger partial charge in [-0.1, -0.05) is 0 Å². The molecular weight excluding hydrogens is 308 g/mol. The van der Waals surface area contributed by atoms with E-state index in [9.17, 15) is 9.59 Å². The number of nitrogens with one attached hydrogen (secondary N) is 2. The van der Waals surface area contributed by atoms with Crippen molar-refractivity contribution < 1.29 is 9.59 Å². The number of guanidine groups is 1. The maximum absolute atomic E-state index is 12.4. The van der Waals surface area contributed by atoms with Crippen LogP contribution in [-0.2, 0) is 4.79 Å². The van der Waals surface area contributed by atoms with Gasteiger partial charge in [-0.05, 0) is 43.7 Å². The summed E-state index contributed by atoms with van der Waals surface area (Å²) in [5, 5.41) is 5.38. The maximum Gasteiger partial charge on any atom is 0.269 e. The Balaban J connectivity index is 1.88. The number of anilines is 1. The Bertz CT molecular complexity index is 619. The van der Waals surface area contributed by atoms with E-state index in [1.54, 1.807) is 12.1 Å². The number of rotatable bonds is 5. The number of carbonyl (C=O) groups is 2. The summed E-state index contributed by atoms with van der Waals surface area (Å²) >= 11 is 0. The SMILES string of the molecule is CNC(=O)c1cc(NC(=O)C2CCC(CN=C(N)N)CC2)ccn1. The highest BCUT2D eigenvalue weighted by molar-refractivity contribution is 5.96. The zero-order valence-electron chi connectivity index (χ0n) is 13.8. The number of hydrogen-bond acceptors (Lipinski definition) is 4. The van der Waals surface area contributed by atoms with E-state index < -0.39 is 0 Å². The molecule has 1 aromatic heterocycles. The van der Waals surface area contributed by atoms with Gasteiger partial charge in [0.15, 0.2) is 5.96 Å². The highest BCUT2D eigenvalue weighted by Gasteiger charge is 2.26. The van der Waals surface area contributed by atoms with Crippen molar-refractivity contribution >= 4 is 23.5 Å². The van der Waals surface area contributed by atoms with Gasteiger partial charge >= 0.3 is 0 Å². The summed E-state index contributed by atoms with van der Waals surface area (Å²) in [5.41, 5.74) is 11.5. The zero-order valence-corrected chi connectivity index (χ0v) is 13.8. The average Bonchev–Trinajstić information content (AvgIpc) is 2.59. The zero-order chi connectivity index (χ0) is 17.5. The van der Waals surface area contributed by atoms with Gasteiger partial charge in [0.25, 0.3) is 5.91 Å². The molecule has 1 aliphatic carbocycles. The molecule has 2 rings (SSSR count). The highest BCUT2D eigenvalue weighted by atomic mass is 16.2. The first-order valence-corrected chi connectivity index (χ1v) is 8.04. The van der Waals surface area contributed by atoms with Crippen LogP contribution in [0.15, 0.2) is 23.3 Å². The third-order valence-electron chi connectivity index (χ3n) is 4.24. The molecule has 0 aliphatic heterocycles. The Morgan fingerprint density at radius 2 is 2.00 bits per heavy atom. The van der Waals surface area contributed by atoms with E-state index in [1.165, 1.54) is 13.2 Å². The van der Waals surface area contributed by atoms with Crippen LogP contribution in [0.2, 0.25) is 0 Å². The second kappa shape index (κ2) is 8.28. The number of amides is 2. The molecule has 1 aliphatic rings. The topological polar surface area (TPSA) is 135 Å². The molecule has 6 N–H and O–H groups in total. The fraction of sp³-hybridized carbons (Fsp3) is 0.500. The predicted molar refractivity (Wildman–Crippen MR) is 92.4 cm³/mol. The Morgan fingerprint density at radius 3 is 2.62 bits per heavy atom. The van der Waals surface area contributed by atoms with Crippen molar-refractivity contribution in [3.63, 3.8) is 0 Å². The molecule has 8 nitrogen and oxygen atoms in total. The summed E-state index contributed by atoms with van der Waals surface area (Å²) in [7, 11) is 1.54. The first kappa shape index (κ1) is 17.7. The van der Waals surface area contributed by atoms with Gasteiger partial charge < -0.3 is 22.1 Å². The summed E-state index contributed by atoms with van der Waals surface area (Å²) in [6, 6.07) is 3.25. The first-order chi connectivity index (χ1) is 11.5. The molecule has 1 fully saturated rings. The van der Waals surface area contributed by atoms with Crippen LogP contribution in [0, 0.1) is 11.8 Å². The van der Waals surface area contributed by atoms with Crippen molar-refractivity contribution in [2.24, 2.45) is 28.3 Å². The van der Waals surface area contributed by atoms with Crippen molar-refractivity contribution in [3.05, 3.63) is 24.0 Å². The number of hydrogen-bond donors (Lipinski definition) is 4. The standard InChI is InChI=1S/C16H24N6O2/c1-19-15(24)13-8-12(6-7-20-13)22-14(23)11-4-2-10(3-5-11)9-21-16(17)18/h6-8,10-11H,2-5,9H2,1H3,(H,19,24)(H4,17,18,21)(H,20,22,23). The normalized spacial score (nSPS) is 20.0. The van der Waals surface area contributed by atoms with E-state index in [-0.39, 0.29) is 29.4 Å². The lowest BCUT2D eigenvalue weighted by Gasteiger charge is -2.26. The molecule has 24 heavy (non-hydrogen) atoms. The molecule has 1 saturated carbocycles. The van der Waals surface area contributed by atoms with Gasteiger partial charge in [0.1, 0.15) is 5.69 Å². The van der Waals surface area contributed by atoms with Crippen molar-refractivity contribution in [1.29, 1.82) is 0 Å². The number of aliphatic imine (C=N–C) groups is 1. The van der Waals surface area contributed by atoms with E-state index >= 15 is 0 Å². The maximum atomic E-state index is 12.4. The summed E-state index contributed by atoms with van der Waals surface area (Å²) in [4.78, 5) is 32.0. The van der Waals surface area contributed by atoms with Crippen molar-refractivity contribution in [3.8, 4) is 0 Å². The lowest BCUT2D eigenvalue weighted by atomic mass is 9.81. The molecule has 0 unspecified atom stereocenters. The second-order valence-corrected chi connectivity index (χ2v) is 5.98. The monoisotopic (exact) mass is 332 g/mol. The molecule has 0 saturated heterocycles. The summed E-state index contributed by atoms with van der Waals surface area (Å²) in [6.07, 6.45) is 4.98. The smallest absolute Gasteiger partial charge is 0.269 e. The van der Waals surface area contributed by atoms with E-state index in [1.807, 2.05) is 0 Å². The molecule has 0 radical (unpaired) electrons. The minimum atomic E-state index is -0.286. The lowest BCUT2D eigenvalue weighted by Crippen LogP contribution is -2.29. The number of nitrogens with two attached hydrogens (primary N) is 2. The molecule has 0 atom stereocenters. The minimum Gasteiger partial charge on any atom is -0.370 e. The average molecular weight is 332 g/mol. The molecule has 2 amide bonds. The first-order valence-electron chi connectivity index (χ1n) is 8.04. The molecule has 1 aromatic rings. The van der Waals surface area contributed by atoms with E-state index in [4.69, 9.17) is 11.5 Å². The predicted octanol–water partition coefficient (Wildman–Crippen LogP) is 0.460. The number of nitrogens with zero attached hydrogens (tertiary/aromatic N) is 2. The van der Waals surface area contributed by atoms with Crippen LogP contribution in [-0.4, -0.2) is 36.4 Å². The fourth-order valence-corrected chi connectivity index (χ4v) is 2.85. The van der Waals surface area contributed by atoms with Crippen LogP contribution in [0.4, 0.5) is 5.69 Å². The van der Waals surface area contributed by atoms with Crippen LogP contribution in [0.1, 0.15) is 36.2 Å². The molecule has 8 heteroatoms. The highest BCUT2D eigenvalue weighted by Crippen LogP contribution is 2.29. The quantitative estimate of drug-likeness (QED) is 0.459. The van der Waals surface area contributed by atoms with Crippen LogP contribution >= 0.6 is 0 Å². The van der Waals surface area contributed by atoms with Gasteiger partial charge in [-0.3, -0.25) is 19.6 Å². The van der Waals surface area contributed by atoms with E-state index in [2.05, 4.69) is 20.6 Å². The Kier molecular flexibility index (Phi) is 6.11. The summed E-state index contributed by atoms with van der Waals surface area (Å²) in [5.74, 6) is 0.198. The van der Waals surface area contributed by atoms with Crippen LogP contribution in [0.3, 0.4) is 0 Å². The molecule has 130 valence electrons. The number of pyridine rings is 1. The van der Waals surface area contributed by atoms with Gasteiger partial charge in [0, 0.05) is 31.4 Å². The van der Waals surface area contributed by atoms with E-state index in [0.29, 0.717) is 18.2 Å². The largest absolute Gasteiger partial charge is 0.370 e. The summed E-state index contributed by atoms with van der Waals surface area (Å²) in [6.45, 7) is 0.622. The van der Waals surface area contributed by atoms with Crippen molar-refractivity contribution in [2.75, 3.05) is 18.9 Å². The van der Waals surface area contributed by atoms with Crippen LogP contribution in [0.5, 0.6) is 0 Å². The van der Waals surface area contributed by atoms with Gasteiger partial charge in [-0.25, -0.2) is 0 Å². The van der Waals surface area contributed by atoms with Gasteiger partial charge in [-0.15, -0.1) is 0 Å². The molecule has 1 heterocycles. The molecule has 0 aromatic carbocycles. The number of aromatic nitrogens is 1. The third-order valence-corrected chi connectivity index (χ3v) is 4.24.